The van der Waals surface area contributed by atoms with Crippen LogP contribution in [0, 0.1) is 55.6 Å². The fraction of sp³-hybridized carbons (Fsp3) is 0.300. The minimum atomic E-state index is -4.53. The van der Waals surface area contributed by atoms with Gasteiger partial charge in [-0.05, 0) is 89.8 Å². The third-order valence-corrected chi connectivity index (χ3v) is 6.51. The van der Waals surface area contributed by atoms with Crippen LogP contribution in [0.4, 0.5) is 24.5 Å². The number of nitrogens with zero attached hydrogens (tertiary/aromatic N) is 3. The number of benzene rings is 2. The van der Waals surface area contributed by atoms with Crippen LogP contribution in [-0.4, -0.2) is 25.6 Å². The average Bonchev–Trinajstić information content (AvgIpc) is 2.81. The van der Waals surface area contributed by atoms with Gasteiger partial charge < -0.3 is 9.15 Å². The normalized spacial score (nSPS) is 12.9. The monoisotopic (exact) mass is 619 g/mol. The molecule has 212 valence electrons. The Balaban J connectivity index is 0.00000170. The summed E-state index contributed by atoms with van der Waals surface area (Å²) in [5.41, 5.74) is 8.58. The van der Waals surface area contributed by atoms with Gasteiger partial charge >= 0.3 is 39.5 Å². The summed E-state index contributed by atoms with van der Waals surface area (Å²) >= 11 is 0.194. The molecule has 0 unspecified atom stereocenters. The predicted octanol–water partition coefficient (Wildman–Crippen LogP) is 9.22. The number of aromatic nitrogens is 1. The Kier molecular flexibility index (Phi) is 11.2. The van der Waals surface area contributed by atoms with Gasteiger partial charge in [0.05, 0.1) is 17.0 Å². The molecule has 0 bridgehead atoms. The van der Waals surface area contributed by atoms with Crippen LogP contribution < -0.4 is 0 Å². The summed E-state index contributed by atoms with van der Waals surface area (Å²) in [6.07, 6.45) is -4.53. The summed E-state index contributed by atoms with van der Waals surface area (Å²) in [5, 5.41) is 0. The Morgan fingerprint density at radius 3 is 1.23 bits per heavy atom. The third kappa shape index (κ3) is 7.82. The molecule has 1 heterocycles. The zero-order chi connectivity index (χ0) is 29.8. The molecule has 0 radical (unpaired) electrons. The van der Waals surface area contributed by atoms with E-state index in [0.29, 0.717) is 11.4 Å². The topological polar surface area (TPSA) is 18.9 Å². The van der Waals surface area contributed by atoms with Crippen molar-refractivity contribution in [1.82, 2.24) is 4.98 Å². The second kappa shape index (κ2) is 13.3. The van der Waals surface area contributed by atoms with Crippen molar-refractivity contribution in [3.63, 3.8) is 0 Å². The van der Waals surface area contributed by atoms with Crippen LogP contribution in [0.3, 0.4) is 0 Å². The van der Waals surface area contributed by atoms with Crippen molar-refractivity contribution in [2.24, 2.45) is 0 Å². The molecule has 0 N–H and O–H groups in total. The molecule has 0 saturated carbocycles. The van der Waals surface area contributed by atoms with Gasteiger partial charge in [-0.25, -0.2) is 0 Å². The van der Waals surface area contributed by atoms with E-state index in [-0.39, 0.29) is 24.5 Å². The Morgan fingerprint density at radius 2 is 0.974 bits per heavy atom. The van der Waals surface area contributed by atoms with E-state index < -0.39 is 11.7 Å². The SMILES string of the molecule is [CH2-][N+](=C(C)c1cc(C(F)(F)F)cc(C(C)=[N+]([CH2-])c2c(C)cc(C)cc2C)n1)c1c(C)cc(C)cc1C.[Cl][Fe][Cl]. The molecule has 0 amide bonds. The summed E-state index contributed by atoms with van der Waals surface area (Å²) in [5.74, 6) is 0. The molecular weight excluding hydrogens is 586 g/mol. The Morgan fingerprint density at radius 1 is 0.692 bits per heavy atom. The van der Waals surface area contributed by atoms with Gasteiger partial charge in [-0.2, -0.15) is 13.2 Å². The van der Waals surface area contributed by atoms with E-state index in [1.54, 1.807) is 23.0 Å². The molecule has 2 aromatic carbocycles. The van der Waals surface area contributed by atoms with E-state index >= 15 is 0 Å². The summed E-state index contributed by atoms with van der Waals surface area (Å²) in [6.45, 7) is 15.4. The van der Waals surface area contributed by atoms with Crippen molar-refractivity contribution < 1.29 is 35.5 Å². The fourth-order valence-electron chi connectivity index (χ4n) is 4.87. The Labute approximate surface area is 245 Å². The molecule has 0 saturated heterocycles. The molecule has 0 atom stereocenters. The van der Waals surface area contributed by atoms with Gasteiger partial charge in [0.2, 0.25) is 0 Å². The van der Waals surface area contributed by atoms with Crippen molar-refractivity contribution in [2.45, 2.75) is 61.6 Å². The first-order valence-electron chi connectivity index (χ1n) is 12.0. The van der Waals surface area contributed by atoms with Crippen molar-refractivity contribution in [2.75, 3.05) is 0 Å². The molecule has 0 aliphatic rings. The number of hydrogen-bond acceptors (Lipinski definition) is 1. The summed E-state index contributed by atoms with van der Waals surface area (Å²) in [4.78, 5) is 4.66. The second-order valence-corrected chi connectivity index (χ2v) is 11.5. The molecule has 0 fully saturated rings. The van der Waals surface area contributed by atoms with Crippen molar-refractivity contribution in [1.29, 1.82) is 0 Å². The van der Waals surface area contributed by atoms with Crippen molar-refractivity contribution in [3.05, 3.63) is 101 Å². The quantitative estimate of drug-likeness (QED) is 0.123. The van der Waals surface area contributed by atoms with E-state index in [0.717, 1.165) is 56.9 Å². The molecule has 3 rings (SSSR count). The molecule has 39 heavy (non-hydrogen) atoms. The number of alkyl halides is 3. The van der Waals surface area contributed by atoms with Crippen molar-refractivity contribution in [3.8, 4) is 0 Å². The van der Waals surface area contributed by atoms with E-state index in [1.807, 2.05) is 65.8 Å². The van der Waals surface area contributed by atoms with Crippen LogP contribution in [0.1, 0.15) is 64.2 Å². The van der Waals surface area contributed by atoms with Crippen LogP contribution in [0.5, 0.6) is 0 Å². The van der Waals surface area contributed by atoms with Gasteiger partial charge in [0.25, 0.3) is 0 Å². The number of aryl methyl sites for hydroxylation is 6. The molecule has 9 heteroatoms. The Bertz CT molecular complexity index is 1300. The van der Waals surface area contributed by atoms with E-state index in [4.69, 9.17) is 20.2 Å². The van der Waals surface area contributed by atoms with Crippen LogP contribution in [0.15, 0.2) is 36.4 Å². The maximum atomic E-state index is 14.0. The van der Waals surface area contributed by atoms with Crippen molar-refractivity contribution >= 4 is 43.0 Å². The molecular formula is C30H34Cl2F3FeN3. The molecule has 0 aliphatic carbocycles. The number of hydrogen-bond donors (Lipinski definition) is 0. The zero-order valence-corrected chi connectivity index (χ0v) is 26.1. The average molecular weight is 620 g/mol. The minimum absolute atomic E-state index is 0.194. The summed E-state index contributed by atoms with van der Waals surface area (Å²) in [6, 6.07) is 10.3. The number of rotatable bonds is 4. The van der Waals surface area contributed by atoms with Gasteiger partial charge in [0.15, 0.2) is 0 Å². The third-order valence-electron chi connectivity index (χ3n) is 6.51. The van der Waals surface area contributed by atoms with Crippen LogP contribution >= 0.6 is 20.2 Å². The summed E-state index contributed by atoms with van der Waals surface area (Å²) < 4.78 is 45.2. The van der Waals surface area contributed by atoms with Gasteiger partial charge in [-0.15, -0.1) is 0 Å². The molecule has 0 aliphatic heterocycles. The predicted molar refractivity (Wildman–Crippen MR) is 152 cm³/mol. The van der Waals surface area contributed by atoms with E-state index in [1.165, 1.54) is 0 Å². The van der Waals surface area contributed by atoms with Gasteiger partial charge in [-0.1, -0.05) is 35.4 Å². The number of halogens is 5. The molecule has 1 aromatic heterocycles. The van der Waals surface area contributed by atoms with E-state index in [2.05, 4.69) is 19.1 Å². The molecule has 0 spiro atoms. The Hall–Kier alpha value is -2.44. The molecule has 3 aromatic rings. The second-order valence-electron chi connectivity index (χ2n) is 9.70. The first-order valence-corrected chi connectivity index (χ1v) is 15.1. The first kappa shape index (κ1) is 32.8. The molecule has 3 nitrogen and oxygen atoms in total. The maximum absolute atomic E-state index is 14.0. The first-order chi connectivity index (χ1) is 18.0. The zero-order valence-electron chi connectivity index (χ0n) is 23.5. The van der Waals surface area contributed by atoms with Gasteiger partial charge in [0.1, 0.15) is 22.8 Å². The van der Waals surface area contributed by atoms with Gasteiger partial charge in [-0.3, -0.25) is 4.98 Å². The van der Waals surface area contributed by atoms with E-state index in [9.17, 15) is 13.2 Å². The van der Waals surface area contributed by atoms with Gasteiger partial charge in [0, 0.05) is 14.1 Å². The summed E-state index contributed by atoms with van der Waals surface area (Å²) in [7, 11) is 17.9. The van der Waals surface area contributed by atoms with Crippen LogP contribution in [0.25, 0.3) is 0 Å². The number of pyridine rings is 1. The standard InChI is InChI=1S/C30H34F3N3.2ClH.Fe/c1-17-11-19(3)28(20(4)12-17)35(9)23(7)26-15-25(30(31,32)33)16-27(34-26)24(8)36(10)29-21(5)13-18(2)14-22(29)6;;;/h11-16H,9-10H2,1-8H3;2*1H;/q;;;+2/p-2. The van der Waals surface area contributed by atoms with Crippen LogP contribution in [-0.2, 0) is 19.3 Å². The fourth-order valence-corrected chi connectivity index (χ4v) is 4.87. The van der Waals surface area contributed by atoms with Crippen LogP contribution in [0.2, 0.25) is 0 Å².